The molecule has 0 bridgehead atoms. The summed E-state index contributed by atoms with van der Waals surface area (Å²) >= 11 is 1.40. The first-order valence-electron chi connectivity index (χ1n) is 10.1. The molecule has 0 atom stereocenters. The minimum atomic E-state index is -4.33. The Morgan fingerprint density at radius 1 is 1.06 bits per heavy atom. The molecule has 1 aromatic heterocycles. The summed E-state index contributed by atoms with van der Waals surface area (Å²) in [5.74, 6) is 0.592. The summed E-state index contributed by atoms with van der Waals surface area (Å²) in [4.78, 5) is 21.3. The number of alkyl halides is 3. The smallest absolute Gasteiger partial charge is 0.416 e. The van der Waals surface area contributed by atoms with Crippen molar-refractivity contribution in [2.75, 3.05) is 33.3 Å². The van der Waals surface area contributed by atoms with Crippen LogP contribution < -0.4 is 4.74 Å². The number of amides is 1. The lowest BCUT2D eigenvalue weighted by molar-refractivity contribution is -0.137. The second-order valence-corrected chi connectivity index (χ2v) is 8.36. The van der Waals surface area contributed by atoms with Crippen LogP contribution in [0.2, 0.25) is 0 Å². The summed E-state index contributed by atoms with van der Waals surface area (Å²) in [5.41, 5.74) is 1.43. The number of hydrogen-bond acceptors (Lipinski definition) is 5. The lowest BCUT2D eigenvalue weighted by Crippen LogP contribution is -2.48. The molecule has 3 aromatic rings. The van der Waals surface area contributed by atoms with Crippen molar-refractivity contribution < 1.29 is 22.7 Å². The fourth-order valence-corrected chi connectivity index (χ4v) is 4.47. The van der Waals surface area contributed by atoms with E-state index in [1.165, 1.54) is 23.5 Å². The number of aromatic nitrogens is 1. The van der Waals surface area contributed by atoms with Crippen LogP contribution in [-0.2, 0) is 12.7 Å². The Morgan fingerprint density at radius 3 is 2.41 bits per heavy atom. The molecule has 1 amide bonds. The van der Waals surface area contributed by atoms with E-state index < -0.39 is 11.7 Å². The van der Waals surface area contributed by atoms with Crippen molar-refractivity contribution >= 4 is 17.2 Å². The number of thiazole rings is 1. The zero-order valence-electron chi connectivity index (χ0n) is 17.4. The number of benzene rings is 2. The number of methoxy groups -OCH3 is 1. The molecule has 1 saturated heterocycles. The van der Waals surface area contributed by atoms with E-state index in [0.717, 1.165) is 28.3 Å². The van der Waals surface area contributed by atoms with Gasteiger partial charge in [-0.05, 0) is 29.8 Å². The van der Waals surface area contributed by atoms with Crippen LogP contribution >= 0.6 is 11.3 Å². The van der Waals surface area contributed by atoms with Gasteiger partial charge in [0.25, 0.3) is 5.91 Å². The van der Waals surface area contributed by atoms with Gasteiger partial charge in [-0.25, -0.2) is 4.98 Å². The SMILES string of the molecule is COc1ccccc1-c1nc(C(=O)N2CCN(Cc3ccc(C(F)(F)F)cc3)CC2)cs1. The van der Waals surface area contributed by atoms with Crippen molar-refractivity contribution in [3.63, 3.8) is 0 Å². The third-order valence-corrected chi connectivity index (χ3v) is 6.28. The zero-order chi connectivity index (χ0) is 22.7. The molecule has 0 radical (unpaired) electrons. The number of hydrogen-bond donors (Lipinski definition) is 0. The first-order chi connectivity index (χ1) is 15.3. The number of ether oxygens (including phenoxy) is 1. The van der Waals surface area contributed by atoms with Gasteiger partial charge in [0.15, 0.2) is 0 Å². The van der Waals surface area contributed by atoms with E-state index in [1.54, 1.807) is 17.4 Å². The largest absolute Gasteiger partial charge is 0.496 e. The van der Waals surface area contributed by atoms with Gasteiger partial charge in [0.05, 0.1) is 18.2 Å². The van der Waals surface area contributed by atoms with Gasteiger partial charge in [0, 0.05) is 38.1 Å². The lowest BCUT2D eigenvalue weighted by atomic mass is 10.1. The summed E-state index contributed by atoms with van der Waals surface area (Å²) in [6.45, 7) is 2.93. The fourth-order valence-electron chi connectivity index (χ4n) is 3.65. The number of para-hydroxylation sites is 1. The quantitative estimate of drug-likeness (QED) is 0.548. The van der Waals surface area contributed by atoms with Crippen LogP contribution in [0.1, 0.15) is 21.6 Å². The molecule has 0 saturated carbocycles. The average Bonchev–Trinajstić information content (AvgIpc) is 3.29. The van der Waals surface area contributed by atoms with E-state index in [2.05, 4.69) is 9.88 Å². The van der Waals surface area contributed by atoms with E-state index >= 15 is 0 Å². The molecule has 4 rings (SSSR count). The molecule has 168 valence electrons. The Bertz CT molecular complexity index is 1070. The molecule has 0 unspecified atom stereocenters. The molecule has 0 aliphatic carbocycles. The zero-order valence-corrected chi connectivity index (χ0v) is 18.2. The van der Waals surface area contributed by atoms with Crippen molar-refractivity contribution in [1.82, 2.24) is 14.8 Å². The maximum Gasteiger partial charge on any atom is 0.416 e. The van der Waals surface area contributed by atoms with E-state index in [9.17, 15) is 18.0 Å². The normalized spacial score (nSPS) is 15.1. The number of rotatable bonds is 5. The van der Waals surface area contributed by atoms with Gasteiger partial charge in [-0.1, -0.05) is 24.3 Å². The van der Waals surface area contributed by atoms with Crippen molar-refractivity contribution in [3.8, 4) is 16.3 Å². The monoisotopic (exact) mass is 461 g/mol. The predicted octanol–water partition coefficient (Wildman–Crippen LogP) is 4.80. The minimum Gasteiger partial charge on any atom is -0.496 e. The lowest BCUT2D eigenvalue weighted by Gasteiger charge is -2.34. The van der Waals surface area contributed by atoms with Crippen LogP contribution in [0, 0.1) is 0 Å². The molecule has 1 aliphatic heterocycles. The number of carbonyl (C=O) groups is 1. The van der Waals surface area contributed by atoms with Crippen LogP contribution in [0.15, 0.2) is 53.9 Å². The Morgan fingerprint density at radius 2 is 1.75 bits per heavy atom. The van der Waals surface area contributed by atoms with Gasteiger partial charge in [0.2, 0.25) is 0 Å². The number of halogens is 3. The molecule has 5 nitrogen and oxygen atoms in total. The Balaban J connectivity index is 1.34. The summed E-state index contributed by atoms with van der Waals surface area (Å²) in [6.07, 6.45) is -4.33. The van der Waals surface area contributed by atoms with Crippen molar-refractivity contribution in [2.45, 2.75) is 12.7 Å². The third-order valence-electron chi connectivity index (χ3n) is 5.41. The van der Waals surface area contributed by atoms with E-state index in [4.69, 9.17) is 4.74 Å². The van der Waals surface area contributed by atoms with Crippen LogP contribution in [-0.4, -0.2) is 54.0 Å². The highest BCUT2D eigenvalue weighted by Crippen LogP contribution is 2.32. The topological polar surface area (TPSA) is 45.7 Å². The van der Waals surface area contributed by atoms with E-state index in [0.29, 0.717) is 44.2 Å². The van der Waals surface area contributed by atoms with Crippen LogP contribution in [0.3, 0.4) is 0 Å². The predicted molar refractivity (Wildman–Crippen MR) is 117 cm³/mol. The van der Waals surface area contributed by atoms with Gasteiger partial charge >= 0.3 is 6.18 Å². The van der Waals surface area contributed by atoms with Crippen LogP contribution in [0.4, 0.5) is 13.2 Å². The van der Waals surface area contributed by atoms with E-state index in [1.807, 2.05) is 24.3 Å². The third kappa shape index (κ3) is 4.94. The summed E-state index contributed by atoms with van der Waals surface area (Å²) in [7, 11) is 1.60. The van der Waals surface area contributed by atoms with Crippen LogP contribution in [0.25, 0.3) is 10.6 Å². The van der Waals surface area contributed by atoms with Gasteiger partial charge in [0.1, 0.15) is 16.5 Å². The number of carbonyl (C=O) groups excluding carboxylic acids is 1. The highest BCUT2D eigenvalue weighted by Gasteiger charge is 2.30. The molecular weight excluding hydrogens is 439 g/mol. The first-order valence-corrected chi connectivity index (χ1v) is 11.0. The number of piperazine rings is 1. The maximum absolute atomic E-state index is 12.9. The van der Waals surface area contributed by atoms with Crippen molar-refractivity contribution in [2.24, 2.45) is 0 Å². The summed E-state index contributed by atoms with van der Waals surface area (Å²) in [5, 5.41) is 2.49. The molecule has 0 N–H and O–H groups in total. The molecule has 1 aliphatic rings. The molecule has 9 heteroatoms. The highest BCUT2D eigenvalue weighted by molar-refractivity contribution is 7.13. The van der Waals surface area contributed by atoms with Gasteiger partial charge in [-0.2, -0.15) is 13.2 Å². The van der Waals surface area contributed by atoms with Gasteiger partial charge < -0.3 is 9.64 Å². The summed E-state index contributed by atoms with van der Waals surface area (Å²) < 4.78 is 43.5. The highest BCUT2D eigenvalue weighted by atomic mass is 32.1. The minimum absolute atomic E-state index is 0.114. The fraction of sp³-hybridized carbons (Fsp3) is 0.304. The first kappa shape index (κ1) is 22.3. The van der Waals surface area contributed by atoms with Gasteiger partial charge in [-0.15, -0.1) is 11.3 Å². The molecule has 0 spiro atoms. The second kappa shape index (κ2) is 9.30. The van der Waals surface area contributed by atoms with Crippen LogP contribution in [0.5, 0.6) is 5.75 Å². The standard InChI is InChI=1S/C23H22F3N3O2S/c1-31-20-5-3-2-4-18(20)21-27-19(15-32-21)22(30)29-12-10-28(11-13-29)14-16-6-8-17(9-7-16)23(24,25)26/h2-9,15H,10-14H2,1H3. The maximum atomic E-state index is 12.9. The van der Waals surface area contributed by atoms with E-state index in [-0.39, 0.29) is 5.91 Å². The van der Waals surface area contributed by atoms with Gasteiger partial charge in [-0.3, -0.25) is 9.69 Å². The molecule has 2 heterocycles. The second-order valence-electron chi connectivity index (χ2n) is 7.50. The molecule has 1 fully saturated rings. The molecule has 32 heavy (non-hydrogen) atoms. The molecular formula is C23H22F3N3O2S. The van der Waals surface area contributed by atoms with Crippen molar-refractivity contribution in [1.29, 1.82) is 0 Å². The Hall–Kier alpha value is -2.91. The Kier molecular flexibility index (Phi) is 6.48. The average molecular weight is 462 g/mol. The Labute approximate surface area is 188 Å². The summed E-state index contributed by atoms with van der Waals surface area (Å²) in [6, 6.07) is 12.8. The molecule has 2 aromatic carbocycles. The number of nitrogens with zero attached hydrogens (tertiary/aromatic N) is 3. The van der Waals surface area contributed by atoms with Crippen molar-refractivity contribution in [3.05, 3.63) is 70.7 Å².